The van der Waals surface area contributed by atoms with Crippen LogP contribution < -0.4 is 21.7 Å². The molecule has 19 heavy (non-hydrogen) atoms. The summed E-state index contributed by atoms with van der Waals surface area (Å²) in [5, 5.41) is 8.82. The summed E-state index contributed by atoms with van der Waals surface area (Å²) in [6, 6.07) is 1.71. The Morgan fingerprint density at radius 1 is 1.26 bits per heavy atom. The number of hydrogen-bond acceptors (Lipinski definition) is 6. The zero-order chi connectivity index (χ0) is 14.5. The fourth-order valence-electron chi connectivity index (χ4n) is 1.46. The van der Waals surface area contributed by atoms with Gasteiger partial charge < -0.3 is 21.7 Å². The number of rotatable bonds is 5. The second kappa shape index (κ2) is 6.21. The molecule has 1 rings (SSSR count). The van der Waals surface area contributed by atoms with Crippen LogP contribution in [0.2, 0.25) is 0 Å². The summed E-state index contributed by atoms with van der Waals surface area (Å²) in [6.07, 6.45) is 0. The smallest absolute Gasteiger partial charge is 0.239 e. The Morgan fingerprint density at radius 2 is 1.84 bits per heavy atom. The SMILES string of the molecule is CCNc1cc(NCC(=O)NC(C)(C)C)nc(N)n1. The number of anilines is 3. The highest BCUT2D eigenvalue weighted by molar-refractivity contribution is 5.81. The van der Waals surface area contributed by atoms with Crippen LogP contribution in [0.1, 0.15) is 27.7 Å². The van der Waals surface area contributed by atoms with Crippen LogP contribution in [0.4, 0.5) is 17.6 Å². The first-order chi connectivity index (χ1) is 8.80. The highest BCUT2D eigenvalue weighted by Crippen LogP contribution is 2.11. The van der Waals surface area contributed by atoms with Crippen molar-refractivity contribution in [2.75, 3.05) is 29.5 Å². The number of nitrogens with two attached hydrogens (primary N) is 1. The molecule has 1 heterocycles. The number of carbonyl (C=O) groups is 1. The van der Waals surface area contributed by atoms with E-state index >= 15 is 0 Å². The van der Waals surface area contributed by atoms with Crippen molar-refractivity contribution in [2.45, 2.75) is 33.2 Å². The van der Waals surface area contributed by atoms with Gasteiger partial charge in [0.15, 0.2) is 0 Å². The Bertz CT molecular complexity index is 440. The van der Waals surface area contributed by atoms with E-state index < -0.39 is 0 Å². The molecule has 1 amide bonds. The number of hydrogen-bond donors (Lipinski definition) is 4. The monoisotopic (exact) mass is 266 g/mol. The summed E-state index contributed by atoms with van der Waals surface area (Å²) >= 11 is 0. The van der Waals surface area contributed by atoms with Crippen LogP contribution in [-0.4, -0.2) is 34.5 Å². The Kier molecular flexibility index (Phi) is 4.91. The van der Waals surface area contributed by atoms with Crippen molar-refractivity contribution in [3.63, 3.8) is 0 Å². The van der Waals surface area contributed by atoms with Crippen LogP contribution in [0.25, 0.3) is 0 Å². The molecule has 0 saturated carbocycles. The van der Waals surface area contributed by atoms with Crippen LogP contribution in [0, 0.1) is 0 Å². The molecule has 0 saturated heterocycles. The topological polar surface area (TPSA) is 105 Å². The molecule has 0 radical (unpaired) electrons. The van der Waals surface area contributed by atoms with E-state index in [9.17, 15) is 4.79 Å². The van der Waals surface area contributed by atoms with Gasteiger partial charge in [-0.05, 0) is 27.7 Å². The van der Waals surface area contributed by atoms with Crippen molar-refractivity contribution >= 4 is 23.5 Å². The quantitative estimate of drug-likeness (QED) is 0.629. The lowest BCUT2D eigenvalue weighted by Gasteiger charge is -2.20. The highest BCUT2D eigenvalue weighted by atomic mass is 16.2. The van der Waals surface area contributed by atoms with E-state index in [0.717, 1.165) is 6.54 Å². The van der Waals surface area contributed by atoms with Crippen molar-refractivity contribution < 1.29 is 4.79 Å². The van der Waals surface area contributed by atoms with Gasteiger partial charge in [-0.15, -0.1) is 0 Å². The summed E-state index contributed by atoms with van der Waals surface area (Å²) in [5.41, 5.74) is 5.34. The zero-order valence-electron chi connectivity index (χ0n) is 11.9. The number of carbonyl (C=O) groups excluding carboxylic acids is 1. The summed E-state index contributed by atoms with van der Waals surface area (Å²) < 4.78 is 0. The molecule has 0 aliphatic rings. The Labute approximate surface area is 113 Å². The van der Waals surface area contributed by atoms with Crippen molar-refractivity contribution in [2.24, 2.45) is 0 Å². The summed E-state index contributed by atoms with van der Waals surface area (Å²) in [5.74, 6) is 1.22. The van der Waals surface area contributed by atoms with E-state index in [0.29, 0.717) is 11.6 Å². The van der Waals surface area contributed by atoms with Gasteiger partial charge in [0.1, 0.15) is 11.6 Å². The molecule has 1 aromatic rings. The van der Waals surface area contributed by atoms with Gasteiger partial charge in [0.25, 0.3) is 0 Å². The molecule has 0 spiro atoms. The standard InChI is InChI=1S/C12H22N6O/c1-5-14-8-6-9(17-11(13)16-8)15-7-10(19)18-12(2,3)4/h6H,5,7H2,1-4H3,(H,18,19)(H4,13,14,15,16,17). The fourth-order valence-corrected chi connectivity index (χ4v) is 1.46. The second-order valence-corrected chi connectivity index (χ2v) is 5.18. The predicted molar refractivity (Wildman–Crippen MR) is 77.0 cm³/mol. The number of aromatic nitrogens is 2. The molecule has 7 nitrogen and oxygen atoms in total. The zero-order valence-corrected chi connectivity index (χ0v) is 11.9. The van der Waals surface area contributed by atoms with Crippen LogP contribution in [0.3, 0.4) is 0 Å². The molecular formula is C12H22N6O. The van der Waals surface area contributed by atoms with Crippen molar-refractivity contribution in [1.29, 1.82) is 0 Å². The molecule has 0 aromatic carbocycles. The van der Waals surface area contributed by atoms with Crippen molar-refractivity contribution in [3.8, 4) is 0 Å². The molecule has 0 fully saturated rings. The van der Waals surface area contributed by atoms with Gasteiger partial charge in [0.2, 0.25) is 11.9 Å². The molecular weight excluding hydrogens is 244 g/mol. The van der Waals surface area contributed by atoms with Gasteiger partial charge in [0, 0.05) is 18.2 Å². The first-order valence-corrected chi connectivity index (χ1v) is 6.23. The maximum absolute atomic E-state index is 11.7. The van der Waals surface area contributed by atoms with E-state index in [-0.39, 0.29) is 23.9 Å². The number of nitrogens with zero attached hydrogens (tertiary/aromatic N) is 2. The average Bonchev–Trinajstić information content (AvgIpc) is 2.24. The van der Waals surface area contributed by atoms with Gasteiger partial charge in [-0.1, -0.05) is 0 Å². The molecule has 5 N–H and O–H groups in total. The molecule has 0 atom stereocenters. The lowest BCUT2D eigenvalue weighted by atomic mass is 10.1. The van der Waals surface area contributed by atoms with E-state index in [4.69, 9.17) is 5.73 Å². The number of amides is 1. The van der Waals surface area contributed by atoms with Gasteiger partial charge in [-0.2, -0.15) is 9.97 Å². The summed E-state index contributed by atoms with van der Waals surface area (Å²) in [6.45, 7) is 8.62. The Hall–Kier alpha value is -2.05. The first-order valence-electron chi connectivity index (χ1n) is 6.23. The predicted octanol–water partition coefficient (Wildman–Crippen LogP) is 0.817. The normalized spacial score (nSPS) is 10.9. The van der Waals surface area contributed by atoms with Gasteiger partial charge >= 0.3 is 0 Å². The van der Waals surface area contributed by atoms with E-state index in [2.05, 4.69) is 25.9 Å². The molecule has 1 aromatic heterocycles. The third-order valence-electron chi connectivity index (χ3n) is 2.05. The maximum Gasteiger partial charge on any atom is 0.239 e. The number of nitrogens with one attached hydrogen (secondary N) is 3. The average molecular weight is 266 g/mol. The minimum absolute atomic E-state index is 0.102. The Balaban J connectivity index is 2.60. The van der Waals surface area contributed by atoms with Crippen LogP contribution in [0.5, 0.6) is 0 Å². The molecule has 7 heteroatoms. The lowest BCUT2D eigenvalue weighted by molar-refractivity contribution is -0.120. The van der Waals surface area contributed by atoms with E-state index in [1.165, 1.54) is 0 Å². The summed E-state index contributed by atoms with van der Waals surface area (Å²) in [7, 11) is 0. The third-order valence-corrected chi connectivity index (χ3v) is 2.05. The Morgan fingerprint density at radius 3 is 2.37 bits per heavy atom. The minimum Gasteiger partial charge on any atom is -0.370 e. The van der Waals surface area contributed by atoms with Crippen molar-refractivity contribution in [3.05, 3.63) is 6.07 Å². The molecule has 0 aliphatic carbocycles. The van der Waals surface area contributed by atoms with Gasteiger partial charge in [-0.25, -0.2) is 0 Å². The van der Waals surface area contributed by atoms with E-state index in [1.807, 2.05) is 27.7 Å². The summed E-state index contributed by atoms with van der Waals surface area (Å²) in [4.78, 5) is 19.7. The highest BCUT2D eigenvalue weighted by Gasteiger charge is 2.13. The molecule has 0 aliphatic heterocycles. The van der Waals surface area contributed by atoms with E-state index in [1.54, 1.807) is 6.07 Å². The fraction of sp³-hybridized carbons (Fsp3) is 0.583. The van der Waals surface area contributed by atoms with Crippen molar-refractivity contribution in [1.82, 2.24) is 15.3 Å². The molecule has 0 bridgehead atoms. The van der Waals surface area contributed by atoms with Gasteiger partial charge in [-0.3, -0.25) is 4.79 Å². The number of nitrogen functional groups attached to an aromatic ring is 1. The maximum atomic E-state index is 11.7. The van der Waals surface area contributed by atoms with Crippen LogP contribution in [-0.2, 0) is 4.79 Å². The lowest BCUT2D eigenvalue weighted by Crippen LogP contribution is -2.43. The first kappa shape index (κ1) is 15.0. The van der Waals surface area contributed by atoms with Gasteiger partial charge in [0.05, 0.1) is 6.54 Å². The largest absolute Gasteiger partial charge is 0.370 e. The van der Waals surface area contributed by atoms with Crippen LogP contribution >= 0.6 is 0 Å². The third kappa shape index (κ3) is 5.89. The molecule has 0 unspecified atom stereocenters. The molecule has 106 valence electrons. The minimum atomic E-state index is -0.252. The second-order valence-electron chi connectivity index (χ2n) is 5.18. The van der Waals surface area contributed by atoms with Crippen LogP contribution in [0.15, 0.2) is 6.07 Å².